The number of amides is 1. The van der Waals surface area contributed by atoms with Gasteiger partial charge in [-0.3, -0.25) is 9.48 Å². The third-order valence-electron chi connectivity index (χ3n) is 2.94. The van der Waals surface area contributed by atoms with Crippen LogP contribution in [-0.4, -0.2) is 15.7 Å². The molecular weight excluding hydrogens is 240 g/mol. The Morgan fingerprint density at radius 1 is 1.37 bits per heavy atom. The zero-order chi connectivity index (χ0) is 13.7. The molecule has 0 aliphatic heterocycles. The summed E-state index contributed by atoms with van der Waals surface area (Å²) in [5.41, 5.74) is 8.12. The first-order valence-corrected chi connectivity index (χ1v) is 6.29. The summed E-state index contributed by atoms with van der Waals surface area (Å²) in [4.78, 5) is 11.8. The highest BCUT2D eigenvalue weighted by Gasteiger charge is 2.05. The van der Waals surface area contributed by atoms with Crippen LogP contribution in [0.3, 0.4) is 0 Å². The van der Waals surface area contributed by atoms with Crippen molar-refractivity contribution in [3.8, 4) is 0 Å². The van der Waals surface area contributed by atoms with Crippen LogP contribution in [0.15, 0.2) is 36.5 Å². The lowest BCUT2D eigenvalue weighted by molar-refractivity contribution is -0.116. The van der Waals surface area contributed by atoms with Gasteiger partial charge in [-0.1, -0.05) is 12.1 Å². The number of nitrogen functional groups attached to an aromatic ring is 1. The van der Waals surface area contributed by atoms with Crippen LogP contribution in [0.2, 0.25) is 0 Å². The maximum atomic E-state index is 11.8. The number of hydrogen-bond acceptors (Lipinski definition) is 3. The Bertz CT molecular complexity index is 562. The van der Waals surface area contributed by atoms with Crippen LogP contribution < -0.4 is 11.1 Å². The van der Waals surface area contributed by atoms with Crippen molar-refractivity contribution in [1.82, 2.24) is 9.78 Å². The van der Waals surface area contributed by atoms with Crippen LogP contribution in [0.5, 0.6) is 0 Å². The van der Waals surface area contributed by atoms with E-state index in [1.807, 2.05) is 29.8 Å². The van der Waals surface area contributed by atoms with Gasteiger partial charge in [0.2, 0.25) is 5.91 Å². The summed E-state index contributed by atoms with van der Waals surface area (Å²) in [6.07, 6.45) is 2.97. The van der Waals surface area contributed by atoms with Gasteiger partial charge in [0, 0.05) is 24.9 Å². The van der Waals surface area contributed by atoms with Gasteiger partial charge in [0.1, 0.15) is 0 Å². The first-order chi connectivity index (χ1) is 9.16. The molecule has 1 aromatic carbocycles. The second kappa shape index (κ2) is 6.04. The van der Waals surface area contributed by atoms with E-state index in [-0.39, 0.29) is 5.91 Å². The minimum absolute atomic E-state index is 0.0253. The van der Waals surface area contributed by atoms with E-state index in [4.69, 9.17) is 5.73 Å². The standard InChI is InChI=1S/C14H18N4O/c1-11-8-9-16-18(11)10-4-7-14(19)17-13-6-3-2-5-12(13)15/h2-3,5-6,8-9H,4,7,10,15H2,1H3,(H,17,19). The summed E-state index contributed by atoms with van der Waals surface area (Å²) < 4.78 is 1.89. The van der Waals surface area contributed by atoms with Crippen LogP contribution >= 0.6 is 0 Å². The van der Waals surface area contributed by atoms with E-state index >= 15 is 0 Å². The van der Waals surface area contributed by atoms with Crippen LogP contribution in [0.4, 0.5) is 11.4 Å². The molecule has 0 radical (unpaired) electrons. The molecule has 0 saturated heterocycles. The molecular formula is C14H18N4O. The van der Waals surface area contributed by atoms with Crippen LogP contribution in [-0.2, 0) is 11.3 Å². The second-order valence-corrected chi connectivity index (χ2v) is 4.43. The third kappa shape index (κ3) is 3.58. The highest BCUT2D eigenvalue weighted by atomic mass is 16.1. The number of anilines is 2. The number of benzene rings is 1. The van der Waals surface area contributed by atoms with Crippen molar-refractivity contribution < 1.29 is 4.79 Å². The molecule has 19 heavy (non-hydrogen) atoms. The van der Waals surface area contributed by atoms with Gasteiger partial charge < -0.3 is 11.1 Å². The smallest absolute Gasteiger partial charge is 0.224 e. The summed E-state index contributed by atoms with van der Waals surface area (Å²) >= 11 is 0. The predicted octanol–water partition coefficient (Wildman–Crippen LogP) is 2.19. The number of nitrogens with zero attached hydrogens (tertiary/aromatic N) is 2. The van der Waals surface area contributed by atoms with Gasteiger partial charge in [0.25, 0.3) is 0 Å². The molecule has 0 atom stereocenters. The van der Waals surface area contributed by atoms with Gasteiger partial charge in [-0.25, -0.2) is 0 Å². The SMILES string of the molecule is Cc1ccnn1CCCC(=O)Nc1ccccc1N. The van der Waals surface area contributed by atoms with Gasteiger partial charge in [0.15, 0.2) is 0 Å². The highest BCUT2D eigenvalue weighted by molar-refractivity contribution is 5.93. The Hall–Kier alpha value is -2.30. The molecule has 2 aromatic rings. The largest absolute Gasteiger partial charge is 0.397 e. The topological polar surface area (TPSA) is 72.9 Å². The first kappa shape index (κ1) is 13.1. The van der Waals surface area contributed by atoms with Crippen molar-refractivity contribution in [2.75, 3.05) is 11.1 Å². The molecule has 2 rings (SSSR count). The number of carbonyl (C=O) groups excluding carboxylic acids is 1. The fourth-order valence-corrected chi connectivity index (χ4v) is 1.85. The molecule has 0 aliphatic carbocycles. The summed E-state index contributed by atoms with van der Waals surface area (Å²) in [5, 5.41) is 6.99. The fourth-order valence-electron chi connectivity index (χ4n) is 1.85. The molecule has 0 bridgehead atoms. The number of hydrogen-bond donors (Lipinski definition) is 2. The highest BCUT2D eigenvalue weighted by Crippen LogP contribution is 2.17. The minimum Gasteiger partial charge on any atom is -0.397 e. The summed E-state index contributed by atoms with van der Waals surface area (Å²) in [5.74, 6) is -0.0253. The molecule has 0 spiro atoms. The molecule has 0 fully saturated rings. The maximum Gasteiger partial charge on any atom is 0.224 e. The fraction of sp³-hybridized carbons (Fsp3) is 0.286. The Kier molecular flexibility index (Phi) is 4.18. The van der Waals surface area contributed by atoms with Gasteiger partial charge in [-0.2, -0.15) is 5.10 Å². The van der Waals surface area contributed by atoms with Crippen LogP contribution in [0, 0.1) is 6.92 Å². The average Bonchev–Trinajstić information content (AvgIpc) is 2.78. The summed E-state index contributed by atoms with van der Waals surface area (Å²) in [7, 11) is 0. The van der Waals surface area contributed by atoms with Crippen molar-refractivity contribution >= 4 is 17.3 Å². The molecule has 1 aromatic heterocycles. The lowest BCUT2D eigenvalue weighted by atomic mass is 10.2. The van der Waals surface area contributed by atoms with E-state index in [2.05, 4.69) is 10.4 Å². The minimum atomic E-state index is -0.0253. The van der Waals surface area contributed by atoms with E-state index in [0.717, 1.165) is 18.7 Å². The number of carbonyl (C=O) groups is 1. The lowest BCUT2D eigenvalue weighted by Crippen LogP contribution is -2.14. The predicted molar refractivity (Wildman–Crippen MR) is 75.7 cm³/mol. The van der Waals surface area contributed by atoms with Crippen molar-refractivity contribution in [3.05, 3.63) is 42.2 Å². The average molecular weight is 258 g/mol. The molecule has 5 nitrogen and oxygen atoms in total. The number of para-hydroxylation sites is 2. The van der Waals surface area contributed by atoms with Gasteiger partial charge >= 0.3 is 0 Å². The number of aromatic nitrogens is 2. The molecule has 5 heteroatoms. The number of nitrogens with two attached hydrogens (primary N) is 1. The van der Waals surface area contributed by atoms with Crippen LogP contribution in [0.25, 0.3) is 0 Å². The van der Waals surface area contributed by atoms with Crippen LogP contribution in [0.1, 0.15) is 18.5 Å². The van der Waals surface area contributed by atoms with E-state index in [9.17, 15) is 4.79 Å². The Morgan fingerprint density at radius 2 is 2.16 bits per heavy atom. The van der Waals surface area contributed by atoms with Crippen molar-refractivity contribution in [2.45, 2.75) is 26.3 Å². The molecule has 0 saturated carbocycles. The Labute approximate surface area is 112 Å². The van der Waals surface area contributed by atoms with E-state index < -0.39 is 0 Å². The number of rotatable bonds is 5. The quantitative estimate of drug-likeness (QED) is 0.807. The molecule has 1 heterocycles. The van der Waals surface area contributed by atoms with Crippen molar-refractivity contribution in [2.24, 2.45) is 0 Å². The molecule has 0 unspecified atom stereocenters. The summed E-state index contributed by atoms with van der Waals surface area (Å²) in [6.45, 7) is 2.74. The first-order valence-electron chi connectivity index (χ1n) is 6.29. The number of aryl methyl sites for hydroxylation is 2. The van der Waals surface area contributed by atoms with E-state index in [1.54, 1.807) is 18.3 Å². The maximum absolute atomic E-state index is 11.8. The zero-order valence-electron chi connectivity index (χ0n) is 11.0. The molecule has 3 N–H and O–H groups in total. The van der Waals surface area contributed by atoms with Crippen molar-refractivity contribution in [1.29, 1.82) is 0 Å². The molecule has 0 aliphatic rings. The number of nitrogens with one attached hydrogen (secondary N) is 1. The van der Waals surface area contributed by atoms with Gasteiger partial charge in [-0.15, -0.1) is 0 Å². The summed E-state index contributed by atoms with van der Waals surface area (Å²) in [6, 6.07) is 9.20. The molecule has 100 valence electrons. The van der Waals surface area contributed by atoms with Gasteiger partial charge in [-0.05, 0) is 31.5 Å². The van der Waals surface area contributed by atoms with E-state index in [1.165, 1.54) is 0 Å². The van der Waals surface area contributed by atoms with Crippen molar-refractivity contribution in [3.63, 3.8) is 0 Å². The monoisotopic (exact) mass is 258 g/mol. The molecule has 1 amide bonds. The van der Waals surface area contributed by atoms with E-state index in [0.29, 0.717) is 17.8 Å². The zero-order valence-corrected chi connectivity index (χ0v) is 11.0. The second-order valence-electron chi connectivity index (χ2n) is 4.43. The van der Waals surface area contributed by atoms with Gasteiger partial charge in [0.05, 0.1) is 11.4 Å². The lowest BCUT2D eigenvalue weighted by Gasteiger charge is -2.08. The third-order valence-corrected chi connectivity index (χ3v) is 2.94. The Balaban J connectivity index is 1.79. The Morgan fingerprint density at radius 3 is 2.84 bits per heavy atom. The normalized spacial score (nSPS) is 10.4.